The highest BCUT2D eigenvalue weighted by Gasteiger charge is 2.09. The summed E-state index contributed by atoms with van der Waals surface area (Å²) in [6.45, 7) is 4.84. The fourth-order valence-corrected chi connectivity index (χ4v) is 3.86. The minimum absolute atomic E-state index is 0.228. The predicted octanol–water partition coefficient (Wildman–Crippen LogP) is 5.42. The molecule has 0 fully saturated rings. The van der Waals surface area contributed by atoms with E-state index in [2.05, 4.69) is 56.2 Å². The average molecular weight is 451 g/mol. The fourth-order valence-electron chi connectivity index (χ4n) is 2.35. The summed E-state index contributed by atoms with van der Waals surface area (Å²) in [5, 5.41) is 12.1. The van der Waals surface area contributed by atoms with E-state index >= 15 is 0 Å². The Labute approximate surface area is 157 Å². The van der Waals surface area contributed by atoms with Crippen LogP contribution in [0, 0.1) is 0 Å². The van der Waals surface area contributed by atoms with E-state index in [0.29, 0.717) is 0 Å². The number of hydrogen-bond donors (Lipinski definition) is 2. The molecule has 0 amide bonds. The zero-order chi connectivity index (χ0) is 16.9. The zero-order valence-electron chi connectivity index (χ0n) is 14.0. The van der Waals surface area contributed by atoms with Crippen molar-refractivity contribution >= 4 is 31.9 Å². The lowest BCUT2D eigenvalue weighted by molar-refractivity contribution is 0.286. The number of benzene rings is 1. The SMILES string of the molecule is CCCCCCCCOc1c(Br)cc(CNCCCO)cc1Br. The Hall–Kier alpha value is -0.100. The number of aliphatic hydroxyl groups is 1. The number of nitrogens with one attached hydrogen (secondary N) is 1. The summed E-state index contributed by atoms with van der Waals surface area (Å²) in [5.74, 6) is 0.887. The van der Waals surface area contributed by atoms with E-state index in [-0.39, 0.29) is 6.61 Å². The van der Waals surface area contributed by atoms with Gasteiger partial charge >= 0.3 is 0 Å². The van der Waals surface area contributed by atoms with Crippen molar-refractivity contribution in [3.05, 3.63) is 26.6 Å². The molecule has 0 saturated carbocycles. The summed E-state index contributed by atoms with van der Waals surface area (Å²) in [4.78, 5) is 0. The molecule has 0 aliphatic rings. The second kappa shape index (κ2) is 13.2. The van der Waals surface area contributed by atoms with Gasteiger partial charge in [-0.15, -0.1) is 0 Å². The van der Waals surface area contributed by atoms with E-state index in [1.807, 2.05) is 0 Å². The summed E-state index contributed by atoms with van der Waals surface area (Å²) in [5.41, 5.74) is 1.19. The molecule has 23 heavy (non-hydrogen) atoms. The van der Waals surface area contributed by atoms with E-state index in [4.69, 9.17) is 9.84 Å². The van der Waals surface area contributed by atoms with E-state index in [9.17, 15) is 0 Å². The van der Waals surface area contributed by atoms with Gasteiger partial charge in [-0.3, -0.25) is 0 Å². The van der Waals surface area contributed by atoms with Gasteiger partial charge in [-0.2, -0.15) is 0 Å². The highest BCUT2D eigenvalue weighted by molar-refractivity contribution is 9.11. The third-order valence-electron chi connectivity index (χ3n) is 3.64. The van der Waals surface area contributed by atoms with Crippen molar-refractivity contribution in [2.45, 2.75) is 58.4 Å². The van der Waals surface area contributed by atoms with Crippen LogP contribution in [-0.4, -0.2) is 24.9 Å². The number of rotatable bonds is 13. The third-order valence-corrected chi connectivity index (χ3v) is 4.82. The highest BCUT2D eigenvalue weighted by Crippen LogP contribution is 2.35. The molecule has 1 rings (SSSR count). The highest BCUT2D eigenvalue weighted by atomic mass is 79.9. The summed E-state index contributed by atoms with van der Waals surface area (Å²) in [7, 11) is 0. The molecule has 0 aliphatic carbocycles. The van der Waals surface area contributed by atoms with E-state index < -0.39 is 0 Å². The number of hydrogen-bond acceptors (Lipinski definition) is 3. The second-order valence-electron chi connectivity index (χ2n) is 5.76. The van der Waals surface area contributed by atoms with Gasteiger partial charge in [-0.1, -0.05) is 39.0 Å². The molecule has 0 heterocycles. The topological polar surface area (TPSA) is 41.5 Å². The maximum absolute atomic E-state index is 8.78. The maximum atomic E-state index is 8.78. The molecular weight excluding hydrogens is 422 g/mol. The lowest BCUT2D eigenvalue weighted by atomic mass is 10.1. The first kappa shape index (κ1) is 20.9. The lowest BCUT2D eigenvalue weighted by Gasteiger charge is -2.13. The molecule has 1 aromatic rings. The van der Waals surface area contributed by atoms with Gasteiger partial charge in [0.05, 0.1) is 15.6 Å². The van der Waals surface area contributed by atoms with Crippen molar-refractivity contribution in [2.75, 3.05) is 19.8 Å². The van der Waals surface area contributed by atoms with Crippen molar-refractivity contribution in [2.24, 2.45) is 0 Å². The molecule has 5 heteroatoms. The van der Waals surface area contributed by atoms with E-state index in [1.54, 1.807) is 0 Å². The Morgan fingerprint density at radius 3 is 2.30 bits per heavy atom. The predicted molar refractivity (Wildman–Crippen MR) is 104 cm³/mol. The summed E-state index contributed by atoms with van der Waals surface area (Å²) >= 11 is 7.20. The van der Waals surface area contributed by atoms with Crippen molar-refractivity contribution in [1.82, 2.24) is 5.32 Å². The van der Waals surface area contributed by atoms with Crippen LogP contribution in [0.25, 0.3) is 0 Å². The minimum atomic E-state index is 0.228. The van der Waals surface area contributed by atoms with Gasteiger partial charge in [0.1, 0.15) is 5.75 Å². The molecule has 0 radical (unpaired) electrons. The first-order valence-electron chi connectivity index (χ1n) is 8.61. The summed E-state index contributed by atoms with van der Waals surface area (Å²) < 4.78 is 7.89. The molecule has 0 unspecified atom stereocenters. The van der Waals surface area contributed by atoms with E-state index in [0.717, 1.165) is 47.2 Å². The van der Waals surface area contributed by atoms with Gasteiger partial charge in [0, 0.05) is 13.2 Å². The van der Waals surface area contributed by atoms with Crippen LogP contribution in [0.4, 0.5) is 0 Å². The van der Waals surface area contributed by atoms with Gasteiger partial charge in [-0.05, 0) is 68.9 Å². The number of unbranched alkanes of at least 4 members (excludes halogenated alkanes) is 5. The Bertz CT molecular complexity index is 418. The lowest BCUT2D eigenvalue weighted by Crippen LogP contribution is -2.15. The van der Waals surface area contributed by atoms with Gasteiger partial charge < -0.3 is 15.2 Å². The Balaban J connectivity index is 2.35. The first-order valence-corrected chi connectivity index (χ1v) is 10.2. The van der Waals surface area contributed by atoms with Crippen LogP contribution in [0.5, 0.6) is 5.75 Å². The van der Waals surface area contributed by atoms with Gasteiger partial charge in [-0.25, -0.2) is 0 Å². The summed E-state index contributed by atoms with van der Waals surface area (Å²) in [6.07, 6.45) is 8.39. The number of ether oxygens (including phenoxy) is 1. The quantitative estimate of drug-likeness (QED) is 0.394. The Morgan fingerprint density at radius 1 is 1.00 bits per heavy atom. The third kappa shape index (κ3) is 9.08. The largest absolute Gasteiger partial charge is 0.491 e. The average Bonchev–Trinajstić information content (AvgIpc) is 2.53. The summed E-state index contributed by atoms with van der Waals surface area (Å²) in [6, 6.07) is 4.18. The minimum Gasteiger partial charge on any atom is -0.491 e. The van der Waals surface area contributed by atoms with Crippen LogP contribution in [-0.2, 0) is 6.54 Å². The normalized spacial score (nSPS) is 11.0. The molecule has 132 valence electrons. The molecule has 0 bridgehead atoms. The molecular formula is C18H29Br2NO2. The maximum Gasteiger partial charge on any atom is 0.147 e. The van der Waals surface area contributed by atoms with Crippen molar-refractivity contribution in [3.8, 4) is 5.75 Å². The van der Waals surface area contributed by atoms with Crippen LogP contribution >= 0.6 is 31.9 Å². The monoisotopic (exact) mass is 449 g/mol. The molecule has 2 N–H and O–H groups in total. The second-order valence-corrected chi connectivity index (χ2v) is 7.47. The van der Waals surface area contributed by atoms with Crippen LogP contribution in [0.3, 0.4) is 0 Å². The molecule has 0 spiro atoms. The smallest absolute Gasteiger partial charge is 0.147 e. The van der Waals surface area contributed by atoms with Crippen molar-refractivity contribution < 1.29 is 9.84 Å². The van der Waals surface area contributed by atoms with Crippen LogP contribution in [0.15, 0.2) is 21.1 Å². The molecule has 0 aliphatic heterocycles. The first-order chi connectivity index (χ1) is 11.2. The van der Waals surface area contributed by atoms with E-state index in [1.165, 1.54) is 37.7 Å². The number of aliphatic hydroxyl groups excluding tert-OH is 1. The fraction of sp³-hybridized carbons (Fsp3) is 0.667. The number of halogens is 2. The standard InChI is InChI=1S/C18H29Br2NO2/c1-2-3-4-5-6-7-11-23-18-16(19)12-15(13-17(18)20)14-21-9-8-10-22/h12-13,21-22H,2-11,14H2,1H3. The Morgan fingerprint density at radius 2 is 1.65 bits per heavy atom. The zero-order valence-corrected chi connectivity index (χ0v) is 17.2. The molecule has 0 aromatic heterocycles. The van der Waals surface area contributed by atoms with Crippen LogP contribution in [0.2, 0.25) is 0 Å². The Kier molecular flexibility index (Phi) is 12.0. The molecule has 1 aromatic carbocycles. The van der Waals surface area contributed by atoms with Gasteiger partial charge in [0.15, 0.2) is 0 Å². The molecule has 0 atom stereocenters. The molecule has 3 nitrogen and oxygen atoms in total. The van der Waals surface area contributed by atoms with Crippen LogP contribution in [0.1, 0.15) is 57.4 Å². The molecule has 0 saturated heterocycles. The van der Waals surface area contributed by atoms with Crippen molar-refractivity contribution in [3.63, 3.8) is 0 Å². The van der Waals surface area contributed by atoms with Gasteiger partial charge in [0.2, 0.25) is 0 Å². The van der Waals surface area contributed by atoms with Crippen LogP contribution < -0.4 is 10.1 Å². The van der Waals surface area contributed by atoms with Crippen molar-refractivity contribution in [1.29, 1.82) is 0 Å². The van der Waals surface area contributed by atoms with Gasteiger partial charge in [0.25, 0.3) is 0 Å².